The number of hydrogen-bond donors (Lipinski definition) is 0. The van der Waals surface area contributed by atoms with E-state index in [0.717, 1.165) is 27.6 Å². The minimum atomic E-state index is 0.147. The molecule has 1 unspecified atom stereocenters. The van der Waals surface area contributed by atoms with Gasteiger partial charge < -0.3 is 4.57 Å². The zero-order valence-corrected chi connectivity index (χ0v) is 13.3. The largest absolute Gasteiger partial charge is 0.317 e. The number of para-hydroxylation sites is 1. The van der Waals surface area contributed by atoms with Gasteiger partial charge in [0.15, 0.2) is 0 Å². The van der Waals surface area contributed by atoms with Gasteiger partial charge in [-0.25, -0.2) is 9.97 Å². The molecule has 0 aliphatic heterocycles. The highest BCUT2D eigenvalue weighted by molar-refractivity contribution is 7.09. The van der Waals surface area contributed by atoms with Gasteiger partial charge in [-0.3, -0.25) is 0 Å². The van der Waals surface area contributed by atoms with E-state index in [1.165, 1.54) is 5.56 Å². The fraction of sp³-hybridized carbons (Fsp3) is 0.333. The summed E-state index contributed by atoms with van der Waals surface area (Å²) in [5, 5.41) is 3.17. The Morgan fingerprint density at radius 2 is 2.10 bits per heavy atom. The third kappa shape index (κ3) is 2.13. The van der Waals surface area contributed by atoms with Gasteiger partial charge in [0.2, 0.25) is 0 Å². The van der Waals surface area contributed by atoms with E-state index in [2.05, 4.69) is 47.0 Å². The first-order valence-corrected chi connectivity index (χ1v) is 7.97. The molecule has 0 saturated carbocycles. The Morgan fingerprint density at radius 3 is 2.75 bits per heavy atom. The van der Waals surface area contributed by atoms with Crippen LogP contribution < -0.4 is 0 Å². The lowest BCUT2D eigenvalue weighted by Crippen LogP contribution is -2.09. The maximum Gasteiger partial charge on any atom is 0.125 e. The Bertz CT molecular complexity index is 760. The predicted octanol–water partition coefficient (Wildman–Crippen LogP) is 4.46. The van der Waals surface area contributed by atoms with Crippen molar-refractivity contribution >= 4 is 34.0 Å². The Hall–Kier alpha value is -1.39. The lowest BCUT2D eigenvalue weighted by Gasteiger charge is -2.14. The molecule has 1 aromatic carbocycles. The molecule has 0 aliphatic rings. The van der Waals surface area contributed by atoms with Crippen molar-refractivity contribution in [1.29, 1.82) is 0 Å². The molecule has 0 aliphatic carbocycles. The van der Waals surface area contributed by atoms with E-state index in [9.17, 15) is 0 Å². The zero-order valence-electron chi connectivity index (χ0n) is 11.7. The van der Waals surface area contributed by atoms with Crippen LogP contribution in [0.4, 0.5) is 0 Å². The SMILES string of the molecule is Cc1csc(C(C)n2c(CCl)nc3c(C)cccc32)n1. The lowest BCUT2D eigenvalue weighted by molar-refractivity contribution is 0.628. The fourth-order valence-corrected chi connectivity index (χ4v) is 3.54. The second-order valence-corrected chi connectivity index (χ2v) is 6.13. The van der Waals surface area contributed by atoms with E-state index in [-0.39, 0.29) is 6.04 Å². The first kappa shape index (κ1) is 13.6. The predicted molar refractivity (Wildman–Crippen MR) is 84.7 cm³/mol. The van der Waals surface area contributed by atoms with Gasteiger partial charge in [-0.1, -0.05) is 12.1 Å². The summed E-state index contributed by atoms with van der Waals surface area (Å²) >= 11 is 7.78. The smallest absolute Gasteiger partial charge is 0.125 e. The zero-order chi connectivity index (χ0) is 14.3. The lowest BCUT2D eigenvalue weighted by atomic mass is 10.2. The first-order valence-electron chi connectivity index (χ1n) is 6.56. The topological polar surface area (TPSA) is 30.7 Å². The molecule has 0 amide bonds. The molecular formula is C15H16ClN3S. The third-order valence-corrected chi connectivity index (χ3v) is 4.87. The number of imidazole rings is 1. The second-order valence-electron chi connectivity index (χ2n) is 4.98. The number of nitrogens with zero attached hydrogens (tertiary/aromatic N) is 3. The molecule has 0 saturated heterocycles. The minimum absolute atomic E-state index is 0.147. The Kier molecular flexibility index (Phi) is 3.52. The number of fused-ring (bicyclic) bond motifs is 1. The highest BCUT2D eigenvalue weighted by atomic mass is 35.5. The van der Waals surface area contributed by atoms with Crippen molar-refractivity contribution in [2.75, 3.05) is 0 Å². The molecule has 2 heterocycles. The molecule has 104 valence electrons. The monoisotopic (exact) mass is 305 g/mol. The van der Waals surface area contributed by atoms with Crippen LogP contribution in [0.1, 0.15) is 35.1 Å². The van der Waals surface area contributed by atoms with Crippen molar-refractivity contribution in [2.45, 2.75) is 32.7 Å². The summed E-state index contributed by atoms with van der Waals surface area (Å²) in [6.45, 7) is 6.25. The summed E-state index contributed by atoms with van der Waals surface area (Å²) in [6, 6.07) is 6.39. The Labute approximate surface area is 127 Å². The summed E-state index contributed by atoms with van der Waals surface area (Å²) in [6.07, 6.45) is 0. The first-order chi connectivity index (χ1) is 9.61. The molecule has 3 nitrogen and oxygen atoms in total. The van der Waals surface area contributed by atoms with Gasteiger partial charge in [-0.15, -0.1) is 22.9 Å². The molecule has 3 rings (SSSR count). The molecule has 3 aromatic rings. The van der Waals surface area contributed by atoms with E-state index >= 15 is 0 Å². The maximum absolute atomic E-state index is 6.09. The molecule has 0 N–H and O–H groups in total. The van der Waals surface area contributed by atoms with Gasteiger partial charge in [-0.05, 0) is 32.4 Å². The van der Waals surface area contributed by atoms with Crippen molar-refractivity contribution in [3.05, 3.63) is 45.7 Å². The molecule has 2 aromatic heterocycles. The van der Waals surface area contributed by atoms with Crippen LogP contribution in [0.2, 0.25) is 0 Å². The molecular weight excluding hydrogens is 290 g/mol. The van der Waals surface area contributed by atoms with E-state index < -0.39 is 0 Å². The van der Waals surface area contributed by atoms with Crippen LogP contribution in [0.3, 0.4) is 0 Å². The molecule has 20 heavy (non-hydrogen) atoms. The molecule has 1 atom stereocenters. The molecule has 0 fully saturated rings. The van der Waals surface area contributed by atoms with Gasteiger partial charge in [0, 0.05) is 11.1 Å². The number of alkyl halides is 1. The van der Waals surface area contributed by atoms with Crippen LogP contribution in [-0.4, -0.2) is 14.5 Å². The van der Waals surface area contributed by atoms with Crippen molar-refractivity contribution in [1.82, 2.24) is 14.5 Å². The molecule has 0 radical (unpaired) electrons. The van der Waals surface area contributed by atoms with E-state index in [4.69, 9.17) is 16.6 Å². The number of halogens is 1. The summed E-state index contributed by atoms with van der Waals surface area (Å²) in [7, 11) is 0. The summed E-state index contributed by atoms with van der Waals surface area (Å²) in [5.74, 6) is 1.30. The second kappa shape index (κ2) is 5.19. The molecule has 5 heteroatoms. The van der Waals surface area contributed by atoms with Gasteiger partial charge in [0.25, 0.3) is 0 Å². The number of aryl methyl sites for hydroxylation is 2. The highest BCUT2D eigenvalue weighted by Gasteiger charge is 2.19. The standard InChI is InChI=1S/C15H16ClN3S/c1-9-5-4-6-12-14(9)18-13(7-16)19(12)11(3)15-17-10(2)8-20-15/h4-6,8,11H,7H2,1-3H3. The van der Waals surface area contributed by atoms with E-state index in [0.29, 0.717) is 5.88 Å². The van der Waals surface area contributed by atoms with Crippen LogP contribution in [0, 0.1) is 13.8 Å². The molecule has 0 bridgehead atoms. The number of benzene rings is 1. The van der Waals surface area contributed by atoms with Gasteiger partial charge in [0.05, 0.1) is 23.0 Å². The fourth-order valence-electron chi connectivity index (χ4n) is 2.51. The number of aromatic nitrogens is 3. The van der Waals surface area contributed by atoms with Crippen LogP contribution in [0.5, 0.6) is 0 Å². The van der Waals surface area contributed by atoms with Gasteiger partial charge in [0.1, 0.15) is 10.8 Å². The van der Waals surface area contributed by atoms with E-state index in [1.807, 2.05) is 6.92 Å². The maximum atomic E-state index is 6.09. The van der Waals surface area contributed by atoms with Crippen LogP contribution in [0.15, 0.2) is 23.6 Å². The Morgan fingerprint density at radius 1 is 1.30 bits per heavy atom. The van der Waals surface area contributed by atoms with Crippen LogP contribution in [-0.2, 0) is 5.88 Å². The third-order valence-electron chi connectivity index (χ3n) is 3.50. The quantitative estimate of drug-likeness (QED) is 0.669. The van der Waals surface area contributed by atoms with Crippen molar-refractivity contribution in [2.24, 2.45) is 0 Å². The average Bonchev–Trinajstić information content (AvgIpc) is 3.02. The van der Waals surface area contributed by atoms with Gasteiger partial charge >= 0.3 is 0 Å². The summed E-state index contributed by atoms with van der Waals surface area (Å²) < 4.78 is 2.20. The average molecular weight is 306 g/mol. The molecule has 0 spiro atoms. The van der Waals surface area contributed by atoms with Crippen LogP contribution in [0.25, 0.3) is 11.0 Å². The van der Waals surface area contributed by atoms with Gasteiger partial charge in [-0.2, -0.15) is 0 Å². The Balaban J connectivity index is 2.21. The number of thiazole rings is 1. The van der Waals surface area contributed by atoms with Crippen LogP contribution >= 0.6 is 22.9 Å². The van der Waals surface area contributed by atoms with Crippen molar-refractivity contribution < 1.29 is 0 Å². The number of rotatable bonds is 3. The highest BCUT2D eigenvalue weighted by Crippen LogP contribution is 2.29. The van der Waals surface area contributed by atoms with E-state index in [1.54, 1.807) is 11.3 Å². The summed E-state index contributed by atoms with van der Waals surface area (Å²) in [4.78, 5) is 9.29. The number of hydrogen-bond acceptors (Lipinski definition) is 3. The normalized spacial score (nSPS) is 13.0. The van der Waals surface area contributed by atoms with Crippen molar-refractivity contribution in [3.63, 3.8) is 0 Å². The van der Waals surface area contributed by atoms with Crippen molar-refractivity contribution in [3.8, 4) is 0 Å². The minimum Gasteiger partial charge on any atom is -0.317 e. The summed E-state index contributed by atoms with van der Waals surface area (Å²) in [5.41, 5.74) is 4.39.